The zero-order valence-corrected chi connectivity index (χ0v) is 16.6. The summed E-state index contributed by atoms with van der Waals surface area (Å²) in [5.41, 5.74) is -0.205. The van der Waals surface area contributed by atoms with E-state index in [9.17, 15) is 13.9 Å². The predicted octanol–water partition coefficient (Wildman–Crippen LogP) is 2.98. The molecule has 0 aliphatic carbocycles. The molecule has 0 bridgehead atoms. The maximum Gasteiger partial charge on any atom is 0.181 e. The third kappa shape index (κ3) is 3.44. The fraction of sp³-hybridized carbons (Fsp3) is 0.450. The molecule has 0 saturated carbocycles. The Morgan fingerprint density at radius 3 is 2.90 bits per heavy atom. The Balaban J connectivity index is 0.00000171. The number of hydrogen-bond donors (Lipinski definition) is 3. The number of fused-ring (bicyclic) bond motifs is 1. The lowest BCUT2D eigenvalue weighted by molar-refractivity contribution is -0.0232. The van der Waals surface area contributed by atoms with E-state index in [1.165, 1.54) is 0 Å². The molecule has 0 spiro atoms. The zero-order valence-electron chi connectivity index (χ0n) is 16.6. The highest BCUT2D eigenvalue weighted by Crippen LogP contribution is 2.31. The molecule has 1 saturated heterocycles. The van der Waals surface area contributed by atoms with Crippen molar-refractivity contribution < 1.29 is 16.7 Å². The van der Waals surface area contributed by atoms with Gasteiger partial charge < -0.3 is 15.3 Å². The van der Waals surface area contributed by atoms with Gasteiger partial charge in [-0.2, -0.15) is 5.10 Å². The molecule has 3 aromatic rings. The minimum atomic E-state index is -0.983. The number of aromatic nitrogens is 4. The molecule has 4 rings (SSSR count). The summed E-state index contributed by atoms with van der Waals surface area (Å²) in [6.45, 7) is 7.04. The van der Waals surface area contributed by atoms with Crippen LogP contribution in [0.5, 0.6) is 0 Å². The van der Waals surface area contributed by atoms with Crippen molar-refractivity contribution in [2.75, 3.05) is 24.5 Å². The van der Waals surface area contributed by atoms with Crippen molar-refractivity contribution in [3.05, 3.63) is 36.0 Å². The molecule has 9 heteroatoms. The van der Waals surface area contributed by atoms with Gasteiger partial charge in [0, 0.05) is 40.1 Å². The zero-order chi connectivity index (χ0) is 20.8. The van der Waals surface area contributed by atoms with Gasteiger partial charge in [-0.05, 0) is 25.0 Å². The summed E-state index contributed by atoms with van der Waals surface area (Å²) >= 11 is 0. The monoisotopic (exact) mass is 406 g/mol. The highest BCUT2D eigenvalue weighted by Gasteiger charge is 2.38. The molecular weight excluding hydrogens is 378 g/mol. The Labute approximate surface area is 170 Å². The van der Waals surface area contributed by atoms with Gasteiger partial charge in [0.05, 0.1) is 17.3 Å². The molecule has 0 unspecified atom stereocenters. The predicted molar refractivity (Wildman–Crippen MR) is 111 cm³/mol. The standard InChI is InChI=1S/C20H24F2N6O.2H2/c1-11(2)20(3,29)15-10-28(8-7-23-15)19-14(22)9-13(21)17(25-19)16-12-5-4-6-24-18(12)27-26-16;;/h4-6,9,11,15,23,29H,7-8,10H2,1-3H3,(H,24,26,27);2*1H/t15-,20+;;/m0../s1. The number of halogens is 2. The summed E-state index contributed by atoms with van der Waals surface area (Å²) in [6.07, 6.45) is 1.59. The number of hydrogen-bond acceptors (Lipinski definition) is 6. The van der Waals surface area contributed by atoms with Crippen LogP contribution in [0.25, 0.3) is 22.4 Å². The largest absolute Gasteiger partial charge is 0.388 e. The molecule has 1 fully saturated rings. The van der Waals surface area contributed by atoms with Gasteiger partial charge >= 0.3 is 0 Å². The highest BCUT2D eigenvalue weighted by atomic mass is 19.1. The van der Waals surface area contributed by atoms with Crippen LogP contribution < -0.4 is 10.2 Å². The Morgan fingerprint density at radius 2 is 2.14 bits per heavy atom. The minimum Gasteiger partial charge on any atom is -0.388 e. The average molecular weight is 406 g/mol. The molecule has 1 aliphatic rings. The van der Waals surface area contributed by atoms with Gasteiger partial charge in [0.2, 0.25) is 0 Å². The number of nitrogens with zero attached hydrogens (tertiary/aromatic N) is 4. The van der Waals surface area contributed by atoms with Crippen molar-refractivity contribution in [2.24, 2.45) is 5.92 Å². The molecule has 2 atom stereocenters. The van der Waals surface area contributed by atoms with Crippen molar-refractivity contribution in [1.29, 1.82) is 0 Å². The summed E-state index contributed by atoms with van der Waals surface area (Å²) < 4.78 is 29.3. The van der Waals surface area contributed by atoms with E-state index >= 15 is 0 Å². The van der Waals surface area contributed by atoms with Crippen LogP contribution >= 0.6 is 0 Å². The Morgan fingerprint density at radius 1 is 1.34 bits per heavy atom. The van der Waals surface area contributed by atoms with Gasteiger partial charge in [-0.3, -0.25) is 5.10 Å². The molecule has 29 heavy (non-hydrogen) atoms. The van der Waals surface area contributed by atoms with Crippen molar-refractivity contribution in [3.8, 4) is 11.4 Å². The van der Waals surface area contributed by atoms with Crippen molar-refractivity contribution in [1.82, 2.24) is 25.5 Å². The molecule has 1 aliphatic heterocycles. The van der Waals surface area contributed by atoms with Gasteiger partial charge in [-0.25, -0.2) is 18.7 Å². The molecule has 7 nitrogen and oxygen atoms in total. The first kappa shape index (κ1) is 19.7. The van der Waals surface area contributed by atoms with Crippen LogP contribution in [0, 0.1) is 17.6 Å². The number of anilines is 1. The highest BCUT2D eigenvalue weighted by molar-refractivity contribution is 5.89. The molecule has 158 valence electrons. The fourth-order valence-electron chi connectivity index (χ4n) is 3.62. The first-order chi connectivity index (χ1) is 13.8. The quantitative estimate of drug-likeness (QED) is 0.617. The van der Waals surface area contributed by atoms with Crippen LogP contribution in [0.15, 0.2) is 24.4 Å². The summed E-state index contributed by atoms with van der Waals surface area (Å²) in [4.78, 5) is 10.2. The maximum atomic E-state index is 14.7. The van der Waals surface area contributed by atoms with E-state index < -0.39 is 17.2 Å². The van der Waals surface area contributed by atoms with Crippen LogP contribution in [-0.4, -0.2) is 56.5 Å². The number of piperazine rings is 1. The molecule has 0 amide bonds. The maximum absolute atomic E-state index is 14.7. The van der Waals surface area contributed by atoms with Crippen LogP contribution in [0.1, 0.15) is 23.6 Å². The Bertz CT molecular complexity index is 1050. The molecule has 0 aromatic carbocycles. The van der Waals surface area contributed by atoms with E-state index in [0.717, 1.165) is 6.07 Å². The number of aliphatic hydroxyl groups is 1. The number of aromatic amines is 1. The van der Waals surface area contributed by atoms with E-state index in [2.05, 4.69) is 25.5 Å². The van der Waals surface area contributed by atoms with Crippen LogP contribution in [-0.2, 0) is 0 Å². The number of pyridine rings is 2. The van der Waals surface area contributed by atoms with Gasteiger partial charge in [-0.1, -0.05) is 13.8 Å². The number of nitrogens with one attached hydrogen (secondary N) is 2. The molecule has 3 N–H and O–H groups in total. The summed E-state index contributed by atoms with van der Waals surface area (Å²) in [5, 5.41) is 21.6. The first-order valence-electron chi connectivity index (χ1n) is 9.65. The summed E-state index contributed by atoms with van der Waals surface area (Å²) in [5.74, 6) is -1.45. The molecular formula is C20H28F2N6O. The van der Waals surface area contributed by atoms with E-state index in [4.69, 9.17) is 0 Å². The normalized spacial score (nSPS) is 19.7. The third-order valence-electron chi connectivity index (χ3n) is 5.83. The molecule has 4 heterocycles. The SMILES string of the molecule is CC(C)[C@@](C)(O)[C@@H]1CN(c2nc(-c3[nH]nc4ncccc34)c(F)cc2F)CCN1.[HH].[HH]. The van der Waals surface area contributed by atoms with E-state index in [-0.39, 0.29) is 26.3 Å². The van der Waals surface area contributed by atoms with Crippen LogP contribution in [0.4, 0.5) is 14.6 Å². The molecule has 0 radical (unpaired) electrons. The average Bonchev–Trinajstić information content (AvgIpc) is 3.12. The first-order valence-corrected chi connectivity index (χ1v) is 9.65. The second kappa shape index (κ2) is 7.31. The smallest absolute Gasteiger partial charge is 0.181 e. The second-order valence-corrected chi connectivity index (χ2v) is 7.93. The van der Waals surface area contributed by atoms with Crippen molar-refractivity contribution in [2.45, 2.75) is 32.4 Å². The van der Waals surface area contributed by atoms with Gasteiger partial charge in [0.1, 0.15) is 5.69 Å². The fourth-order valence-corrected chi connectivity index (χ4v) is 3.62. The van der Waals surface area contributed by atoms with E-state index in [1.807, 2.05) is 13.8 Å². The topological polar surface area (TPSA) is 90.0 Å². The van der Waals surface area contributed by atoms with Gasteiger partial charge in [0.25, 0.3) is 0 Å². The van der Waals surface area contributed by atoms with Gasteiger partial charge in [0.15, 0.2) is 23.1 Å². The van der Waals surface area contributed by atoms with Crippen molar-refractivity contribution >= 4 is 16.9 Å². The lowest BCUT2D eigenvalue weighted by atomic mass is 9.84. The van der Waals surface area contributed by atoms with Gasteiger partial charge in [-0.15, -0.1) is 0 Å². The lowest BCUT2D eigenvalue weighted by Crippen LogP contribution is -2.62. The summed E-state index contributed by atoms with van der Waals surface area (Å²) in [7, 11) is 0. The summed E-state index contributed by atoms with van der Waals surface area (Å²) in [6, 6.07) is 4.05. The lowest BCUT2D eigenvalue weighted by Gasteiger charge is -2.43. The second-order valence-electron chi connectivity index (χ2n) is 7.93. The van der Waals surface area contributed by atoms with E-state index in [1.54, 1.807) is 30.2 Å². The van der Waals surface area contributed by atoms with Crippen LogP contribution in [0.2, 0.25) is 0 Å². The van der Waals surface area contributed by atoms with E-state index in [0.29, 0.717) is 36.4 Å². The minimum absolute atomic E-state index is 0. The third-order valence-corrected chi connectivity index (χ3v) is 5.83. The Kier molecular flexibility index (Phi) is 4.95. The number of rotatable bonds is 4. The van der Waals surface area contributed by atoms with Crippen molar-refractivity contribution in [3.63, 3.8) is 0 Å². The number of H-pyrrole nitrogens is 1. The van der Waals surface area contributed by atoms with Crippen LogP contribution in [0.3, 0.4) is 0 Å². The Hall–Kier alpha value is -2.65. The molecule has 3 aromatic heterocycles.